The van der Waals surface area contributed by atoms with E-state index in [2.05, 4.69) is 15.5 Å². The second kappa shape index (κ2) is 6.20. The molecule has 1 aromatic heterocycles. The van der Waals surface area contributed by atoms with Crippen molar-refractivity contribution in [3.8, 4) is 5.69 Å². The lowest BCUT2D eigenvalue weighted by molar-refractivity contribution is -0.137. The van der Waals surface area contributed by atoms with Gasteiger partial charge in [0.05, 0.1) is 10.6 Å². The smallest absolute Gasteiger partial charge is 0.318 e. The van der Waals surface area contributed by atoms with E-state index in [1.165, 1.54) is 23.1 Å². The number of benzene rings is 1. The van der Waals surface area contributed by atoms with Gasteiger partial charge in [0, 0.05) is 6.04 Å². The number of rotatable bonds is 6. The van der Waals surface area contributed by atoms with E-state index in [0.29, 0.717) is 5.69 Å². The van der Waals surface area contributed by atoms with Gasteiger partial charge in [0.2, 0.25) is 10.0 Å². The van der Waals surface area contributed by atoms with Gasteiger partial charge < -0.3 is 5.11 Å². The first-order chi connectivity index (χ1) is 10.3. The number of hydrogen-bond acceptors (Lipinski definition) is 6. The third-order valence-corrected chi connectivity index (χ3v) is 4.96. The second-order valence-corrected chi connectivity index (χ2v) is 6.68. The van der Waals surface area contributed by atoms with Gasteiger partial charge in [0.25, 0.3) is 0 Å². The van der Waals surface area contributed by atoms with Crippen LogP contribution >= 0.6 is 0 Å². The molecule has 0 amide bonds. The van der Waals surface area contributed by atoms with Crippen LogP contribution in [0.4, 0.5) is 0 Å². The predicted octanol–water partition coefficient (Wildman–Crippen LogP) is 0.146. The lowest BCUT2D eigenvalue weighted by Crippen LogP contribution is -2.40. The van der Waals surface area contributed by atoms with Crippen LogP contribution in [-0.2, 0) is 14.8 Å². The first-order valence-electron chi connectivity index (χ1n) is 6.39. The first kappa shape index (κ1) is 16.0. The summed E-state index contributed by atoms with van der Waals surface area (Å²) in [6, 6.07) is 5.40. The highest BCUT2D eigenvalue weighted by molar-refractivity contribution is 7.89. The quantitative estimate of drug-likeness (QED) is 0.802. The zero-order valence-electron chi connectivity index (χ0n) is 12.0. The Hall–Kier alpha value is -2.33. The van der Waals surface area contributed by atoms with Gasteiger partial charge in [-0.15, -0.1) is 5.10 Å². The largest absolute Gasteiger partial charge is 0.480 e. The summed E-state index contributed by atoms with van der Waals surface area (Å²) in [5.74, 6) is -1.21. The van der Waals surface area contributed by atoms with Crippen molar-refractivity contribution < 1.29 is 18.3 Å². The Balaban J connectivity index is 2.34. The van der Waals surface area contributed by atoms with Crippen molar-refractivity contribution in [2.75, 3.05) is 6.54 Å². The zero-order valence-corrected chi connectivity index (χ0v) is 12.8. The van der Waals surface area contributed by atoms with Crippen molar-refractivity contribution in [2.24, 2.45) is 0 Å². The van der Waals surface area contributed by atoms with Crippen molar-refractivity contribution in [1.82, 2.24) is 24.5 Å². The van der Waals surface area contributed by atoms with Crippen LogP contribution in [0.1, 0.15) is 13.8 Å². The summed E-state index contributed by atoms with van der Waals surface area (Å²) in [4.78, 5) is 10.9. The summed E-state index contributed by atoms with van der Waals surface area (Å²) in [6.07, 6.45) is 1.38. The average molecular weight is 325 g/mol. The molecule has 0 saturated heterocycles. The minimum atomic E-state index is -3.89. The molecular formula is C12H15N5O4S. The van der Waals surface area contributed by atoms with Crippen LogP contribution in [0.5, 0.6) is 0 Å². The summed E-state index contributed by atoms with van der Waals surface area (Å²) < 4.78 is 27.4. The molecule has 1 aromatic carbocycles. The molecule has 0 atom stereocenters. The fraction of sp³-hybridized carbons (Fsp3) is 0.333. The summed E-state index contributed by atoms with van der Waals surface area (Å²) in [7, 11) is -3.89. The molecule has 1 N–H and O–H groups in total. The number of carbonyl (C=O) groups is 1. The lowest BCUT2D eigenvalue weighted by Gasteiger charge is -2.24. The number of aliphatic carboxylic acids is 1. The van der Waals surface area contributed by atoms with Crippen molar-refractivity contribution in [3.63, 3.8) is 0 Å². The number of aromatic nitrogens is 4. The summed E-state index contributed by atoms with van der Waals surface area (Å²) in [5, 5.41) is 19.6. The van der Waals surface area contributed by atoms with E-state index in [0.717, 1.165) is 4.31 Å². The average Bonchev–Trinajstić information content (AvgIpc) is 2.98. The Labute approximate surface area is 127 Å². The van der Waals surface area contributed by atoms with Gasteiger partial charge in [-0.3, -0.25) is 4.79 Å². The molecule has 2 aromatic rings. The highest BCUT2D eigenvalue weighted by Gasteiger charge is 2.28. The summed E-state index contributed by atoms with van der Waals surface area (Å²) in [5.41, 5.74) is 0.596. The van der Waals surface area contributed by atoms with Crippen molar-refractivity contribution in [1.29, 1.82) is 0 Å². The number of hydrogen-bond donors (Lipinski definition) is 1. The van der Waals surface area contributed by atoms with Gasteiger partial charge in [-0.1, -0.05) is 0 Å². The van der Waals surface area contributed by atoms with E-state index in [1.807, 2.05) is 0 Å². The van der Waals surface area contributed by atoms with E-state index in [-0.39, 0.29) is 4.90 Å². The van der Waals surface area contributed by atoms with Crippen LogP contribution in [-0.4, -0.2) is 56.6 Å². The first-order valence-corrected chi connectivity index (χ1v) is 7.83. The van der Waals surface area contributed by atoms with E-state index >= 15 is 0 Å². The minimum absolute atomic E-state index is 0.0132. The number of carboxylic acid groups (broad SMARTS) is 1. The molecule has 0 fully saturated rings. The Morgan fingerprint density at radius 1 is 1.32 bits per heavy atom. The van der Waals surface area contributed by atoms with Gasteiger partial charge in [-0.25, -0.2) is 13.1 Å². The van der Waals surface area contributed by atoms with Crippen molar-refractivity contribution in [2.45, 2.75) is 24.8 Å². The maximum atomic E-state index is 12.5. The van der Waals surface area contributed by atoms with Gasteiger partial charge >= 0.3 is 5.97 Å². The van der Waals surface area contributed by atoms with E-state index in [1.54, 1.807) is 26.0 Å². The highest BCUT2D eigenvalue weighted by atomic mass is 32.2. The van der Waals surface area contributed by atoms with Crippen LogP contribution in [0.15, 0.2) is 35.5 Å². The molecule has 22 heavy (non-hydrogen) atoms. The predicted molar refractivity (Wildman–Crippen MR) is 75.8 cm³/mol. The van der Waals surface area contributed by atoms with Crippen LogP contribution in [0.2, 0.25) is 0 Å². The van der Waals surface area contributed by atoms with Crippen LogP contribution in [0.25, 0.3) is 5.69 Å². The molecular weight excluding hydrogens is 310 g/mol. The second-order valence-electron chi connectivity index (χ2n) is 4.79. The van der Waals surface area contributed by atoms with Crippen molar-refractivity contribution in [3.05, 3.63) is 30.6 Å². The van der Waals surface area contributed by atoms with Gasteiger partial charge in [-0.2, -0.15) is 4.31 Å². The number of sulfonamides is 1. The Bertz CT molecular complexity index is 740. The van der Waals surface area contributed by atoms with Crippen LogP contribution in [0.3, 0.4) is 0 Å². The Kier molecular flexibility index (Phi) is 4.52. The monoisotopic (exact) mass is 325 g/mol. The third kappa shape index (κ3) is 3.28. The maximum Gasteiger partial charge on any atom is 0.318 e. The fourth-order valence-electron chi connectivity index (χ4n) is 1.86. The van der Waals surface area contributed by atoms with Crippen LogP contribution < -0.4 is 0 Å². The molecule has 0 spiro atoms. The Morgan fingerprint density at radius 3 is 2.41 bits per heavy atom. The molecule has 0 radical (unpaired) electrons. The lowest BCUT2D eigenvalue weighted by atomic mass is 10.3. The molecule has 0 saturated carbocycles. The fourth-order valence-corrected chi connectivity index (χ4v) is 3.45. The SMILES string of the molecule is CC(C)N(CC(=O)O)S(=O)(=O)c1ccc(-n2cnnn2)cc1. The van der Waals surface area contributed by atoms with E-state index in [9.17, 15) is 13.2 Å². The Morgan fingerprint density at radius 2 is 1.95 bits per heavy atom. The third-order valence-electron chi connectivity index (χ3n) is 2.92. The van der Waals surface area contributed by atoms with Gasteiger partial charge in [0.1, 0.15) is 12.9 Å². The number of carboxylic acids is 1. The molecule has 0 bridgehead atoms. The summed E-state index contributed by atoms with van der Waals surface area (Å²) in [6.45, 7) is 2.65. The van der Waals surface area contributed by atoms with Gasteiger partial charge in [-0.05, 0) is 48.5 Å². The highest BCUT2D eigenvalue weighted by Crippen LogP contribution is 2.19. The normalized spacial score (nSPS) is 12.0. The van der Waals surface area contributed by atoms with Crippen molar-refractivity contribution >= 4 is 16.0 Å². The molecule has 10 heteroatoms. The molecule has 0 aliphatic rings. The molecule has 1 heterocycles. The summed E-state index contributed by atoms with van der Waals surface area (Å²) >= 11 is 0. The molecule has 9 nitrogen and oxygen atoms in total. The molecule has 0 aliphatic heterocycles. The molecule has 0 aliphatic carbocycles. The topological polar surface area (TPSA) is 118 Å². The molecule has 118 valence electrons. The molecule has 0 unspecified atom stereocenters. The standard InChI is InChI=1S/C12H15N5O4S/c1-9(2)17(7-12(18)19)22(20,21)11-5-3-10(4-6-11)16-8-13-14-15-16/h3-6,8-9H,7H2,1-2H3,(H,18,19). The minimum Gasteiger partial charge on any atom is -0.480 e. The number of nitrogens with zero attached hydrogens (tertiary/aromatic N) is 5. The zero-order chi connectivity index (χ0) is 16.3. The number of tetrazole rings is 1. The van der Waals surface area contributed by atoms with E-state index in [4.69, 9.17) is 5.11 Å². The van der Waals surface area contributed by atoms with Gasteiger partial charge in [0.15, 0.2) is 0 Å². The maximum absolute atomic E-state index is 12.5. The van der Waals surface area contributed by atoms with E-state index < -0.39 is 28.6 Å². The van der Waals surface area contributed by atoms with Crippen LogP contribution in [0, 0.1) is 0 Å². The molecule has 2 rings (SSSR count).